The standard InChI is InChI=1S/C14H21FO3/c1-9(2)14(18-4)11(16)8-10-6-5-7-12(17-3)13(10)15/h5-7,9,11,14,16H,8H2,1-4H3. The second-order valence-electron chi connectivity index (χ2n) is 4.65. The van der Waals surface area contributed by atoms with Gasteiger partial charge in [0.15, 0.2) is 11.6 Å². The molecule has 1 rings (SSSR count). The van der Waals surface area contributed by atoms with Crippen LogP contribution in [0, 0.1) is 11.7 Å². The van der Waals surface area contributed by atoms with Crippen molar-refractivity contribution < 1.29 is 19.0 Å². The quantitative estimate of drug-likeness (QED) is 0.849. The molecule has 0 fully saturated rings. The second kappa shape index (κ2) is 6.71. The topological polar surface area (TPSA) is 38.7 Å². The predicted molar refractivity (Wildman–Crippen MR) is 68.3 cm³/mol. The van der Waals surface area contributed by atoms with E-state index in [4.69, 9.17) is 9.47 Å². The van der Waals surface area contributed by atoms with E-state index in [1.807, 2.05) is 13.8 Å². The Labute approximate surface area is 108 Å². The molecule has 1 N–H and O–H groups in total. The van der Waals surface area contributed by atoms with Crippen molar-refractivity contribution in [2.45, 2.75) is 32.5 Å². The van der Waals surface area contributed by atoms with Gasteiger partial charge in [0, 0.05) is 13.5 Å². The van der Waals surface area contributed by atoms with Crippen LogP contribution >= 0.6 is 0 Å². The van der Waals surface area contributed by atoms with E-state index in [1.165, 1.54) is 7.11 Å². The SMILES string of the molecule is COc1cccc(CC(O)C(OC)C(C)C)c1F. The molecule has 18 heavy (non-hydrogen) atoms. The van der Waals surface area contributed by atoms with Crippen LogP contribution in [0.2, 0.25) is 0 Å². The number of benzene rings is 1. The number of hydrogen-bond donors (Lipinski definition) is 1. The third-order valence-corrected chi connectivity index (χ3v) is 3.00. The van der Waals surface area contributed by atoms with Gasteiger partial charge in [0.1, 0.15) is 0 Å². The van der Waals surface area contributed by atoms with Crippen LogP contribution in [0.15, 0.2) is 18.2 Å². The van der Waals surface area contributed by atoms with Crippen molar-refractivity contribution in [2.75, 3.05) is 14.2 Å². The smallest absolute Gasteiger partial charge is 0.168 e. The minimum absolute atomic E-state index is 0.165. The van der Waals surface area contributed by atoms with E-state index in [2.05, 4.69) is 0 Å². The predicted octanol–water partition coefficient (Wildman–Crippen LogP) is 2.41. The van der Waals surface area contributed by atoms with E-state index < -0.39 is 11.9 Å². The molecule has 0 heterocycles. The number of methoxy groups -OCH3 is 2. The summed E-state index contributed by atoms with van der Waals surface area (Å²) in [4.78, 5) is 0. The summed E-state index contributed by atoms with van der Waals surface area (Å²) in [5, 5.41) is 10.1. The highest BCUT2D eigenvalue weighted by Crippen LogP contribution is 2.23. The zero-order valence-electron chi connectivity index (χ0n) is 11.3. The number of ether oxygens (including phenoxy) is 2. The minimum atomic E-state index is -0.739. The molecule has 2 atom stereocenters. The first kappa shape index (κ1) is 14.9. The molecule has 2 unspecified atom stereocenters. The fraction of sp³-hybridized carbons (Fsp3) is 0.571. The third kappa shape index (κ3) is 3.43. The highest BCUT2D eigenvalue weighted by Gasteiger charge is 2.24. The highest BCUT2D eigenvalue weighted by molar-refractivity contribution is 5.31. The average molecular weight is 256 g/mol. The van der Waals surface area contributed by atoms with Gasteiger partial charge in [0.05, 0.1) is 19.3 Å². The van der Waals surface area contributed by atoms with Gasteiger partial charge in [-0.15, -0.1) is 0 Å². The molecule has 4 heteroatoms. The molecule has 0 radical (unpaired) electrons. The second-order valence-corrected chi connectivity index (χ2v) is 4.65. The van der Waals surface area contributed by atoms with Crippen molar-refractivity contribution in [2.24, 2.45) is 5.92 Å². The monoisotopic (exact) mass is 256 g/mol. The molecule has 0 amide bonds. The number of rotatable bonds is 6. The molecule has 0 bridgehead atoms. The Hall–Kier alpha value is -1.13. The molecule has 0 spiro atoms. The van der Waals surface area contributed by atoms with Crippen LogP contribution in [-0.2, 0) is 11.2 Å². The highest BCUT2D eigenvalue weighted by atomic mass is 19.1. The molecule has 102 valence electrons. The van der Waals surface area contributed by atoms with E-state index >= 15 is 0 Å². The molecule has 1 aromatic rings. The summed E-state index contributed by atoms with van der Waals surface area (Å²) >= 11 is 0. The molecule has 1 aromatic carbocycles. The van der Waals surface area contributed by atoms with Gasteiger partial charge in [-0.05, 0) is 17.5 Å². The summed E-state index contributed by atoms with van der Waals surface area (Å²) in [5.74, 6) is -0.0606. The van der Waals surface area contributed by atoms with Crippen LogP contribution in [-0.4, -0.2) is 31.5 Å². The summed E-state index contributed by atoms with van der Waals surface area (Å²) in [6.07, 6.45) is -0.841. The molecular formula is C14H21FO3. The van der Waals surface area contributed by atoms with Gasteiger partial charge >= 0.3 is 0 Å². The van der Waals surface area contributed by atoms with Crippen molar-refractivity contribution in [1.29, 1.82) is 0 Å². The van der Waals surface area contributed by atoms with Crippen LogP contribution in [0.5, 0.6) is 5.75 Å². The Morgan fingerprint density at radius 1 is 1.28 bits per heavy atom. The third-order valence-electron chi connectivity index (χ3n) is 3.00. The lowest BCUT2D eigenvalue weighted by atomic mass is 9.96. The summed E-state index contributed by atoms with van der Waals surface area (Å²) in [5.41, 5.74) is 0.435. The maximum absolute atomic E-state index is 13.9. The first-order valence-electron chi connectivity index (χ1n) is 6.03. The largest absolute Gasteiger partial charge is 0.494 e. The fourth-order valence-electron chi connectivity index (χ4n) is 2.09. The Kier molecular flexibility index (Phi) is 5.56. The van der Waals surface area contributed by atoms with Gasteiger partial charge in [-0.1, -0.05) is 26.0 Å². The molecular weight excluding hydrogens is 235 g/mol. The molecule has 3 nitrogen and oxygen atoms in total. The number of aliphatic hydroxyl groups excluding tert-OH is 1. The van der Waals surface area contributed by atoms with Crippen LogP contribution in [0.25, 0.3) is 0 Å². The minimum Gasteiger partial charge on any atom is -0.494 e. The van der Waals surface area contributed by atoms with Crippen LogP contribution in [0.1, 0.15) is 19.4 Å². The van der Waals surface area contributed by atoms with Crippen molar-refractivity contribution in [3.05, 3.63) is 29.6 Å². The van der Waals surface area contributed by atoms with Crippen molar-refractivity contribution in [3.63, 3.8) is 0 Å². The Bertz CT molecular complexity index is 379. The van der Waals surface area contributed by atoms with Crippen molar-refractivity contribution in [3.8, 4) is 5.75 Å². The van der Waals surface area contributed by atoms with E-state index in [1.54, 1.807) is 25.3 Å². The van der Waals surface area contributed by atoms with Gasteiger partial charge in [0.25, 0.3) is 0 Å². The Morgan fingerprint density at radius 3 is 2.44 bits per heavy atom. The molecule has 0 aliphatic rings. The van der Waals surface area contributed by atoms with Gasteiger partial charge < -0.3 is 14.6 Å². The van der Waals surface area contributed by atoms with Gasteiger partial charge in [0.2, 0.25) is 0 Å². The first-order chi connectivity index (χ1) is 8.51. The van der Waals surface area contributed by atoms with Crippen molar-refractivity contribution >= 4 is 0 Å². The number of aliphatic hydroxyl groups is 1. The average Bonchev–Trinajstić information content (AvgIpc) is 2.32. The lowest BCUT2D eigenvalue weighted by molar-refractivity contribution is -0.0371. The molecule has 0 aromatic heterocycles. The molecule has 0 saturated heterocycles. The van der Waals surface area contributed by atoms with Crippen molar-refractivity contribution in [1.82, 2.24) is 0 Å². The van der Waals surface area contributed by atoms with Gasteiger partial charge in [-0.25, -0.2) is 4.39 Å². The zero-order valence-corrected chi connectivity index (χ0v) is 11.3. The molecule has 0 saturated carbocycles. The summed E-state index contributed by atoms with van der Waals surface area (Å²) in [6, 6.07) is 4.91. The van der Waals surface area contributed by atoms with E-state index in [9.17, 15) is 9.50 Å². The maximum Gasteiger partial charge on any atom is 0.168 e. The van der Waals surface area contributed by atoms with Crippen LogP contribution < -0.4 is 4.74 Å². The molecule has 0 aliphatic carbocycles. The lowest BCUT2D eigenvalue weighted by Gasteiger charge is -2.25. The van der Waals surface area contributed by atoms with Crippen LogP contribution in [0.3, 0.4) is 0 Å². The summed E-state index contributed by atoms with van der Waals surface area (Å²) in [6.45, 7) is 3.92. The summed E-state index contributed by atoms with van der Waals surface area (Å²) < 4.78 is 24.1. The van der Waals surface area contributed by atoms with Gasteiger partial charge in [-0.3, -0.25) is 0 Å². The van der Waals surface area contributed by atoms with Crippen LogP contribution in [0.4, 0.5) is 4.39 Å². The van der Waals surface area contributed by atoms with E-state index in [-0.39, 0.29) is 24.2 Å². The fourth-order valence-corrected chi connectivity index (χ4v) is 2.09. The van der Waals surface area contributed by atoms with E-state index in [0.29, 0.717) is 5.56 Å². The zero-order chi connectivity index (χ0) is 13.7. The maximum atomic E-state index is 13.9. The van der Waals surface area contributed by atoms with E-state index in [0.717, 1.165) is 0 Å². The Balaban J connectivity index is 2.84. The first-order valence-corrected chi connectivity index (χ1v) is 6.03. The number of hydrogen-bond acceptors (Lipinski definition) is 3. The normalized spacial score (nSPS) is 14.6. The van der Waals surface area contributed by atoms with Gasteiger partial charge in [-0.2, -0.15) is 0 Å². The lowest BCUT2D eigenvalue weighted by Crippen LogP contribution is -2.34. The Morgan fingerprint density at radius 2 is 1.94 bits per heavy atom. The molecule has 0 aliphatic heterocycles. The summed E-state index contributed by atoms with van der Waals surface area (Å²) in [7, 11) is 2.97. The number of halogens is 1.